The molecule has 0 fully saturated rings. The third kappa shape index (κ3) is 2.58. The average molecular weight is 300 g/mol. The molecule has 4 nitrogen and oxygen atoms in total. The molecule has 0 aliphatic carbocycles. The van der Waals surface area contributed by atoms with Gasteiger partial charge in [-0.2, -0.15) is 0 Å². The van der Waals surface area contributed by atoms with Gasteiger partial charge in [-0.1, -0.05) is 0 Å². The fraction of sp³-hybridized carbons (Fsp3) is 0.200. The van der Waals surface area contributed by atoms with Crippen molar-refractivity contribution in [3.05, 3.63) is 38.0 Å². The summed E-state index contributed by atoms with van der Waals surface area (Å²) in [5.41, 5.74) is 6.03. The lowest BCUT2D eigenvalue weighted by Gasteiger charge is -2.00. The summed E-state index contributed by atoms with van der Waals surface area (Å²) in [5, 5.41) is 1.95. The zero-order valence-corrected chi connectivity index (χ0v) is 10.8. The number of aromatic nitrogens is 2. The van der Waals surface area contributed by atoms with Crippen LogP contribution in [0.15, 0.2) is 26.8 Å². The molecule has 0 radical (unpaired) electrons. The number of nitrogens with zero attached hydrogens (tertiary/aromatic N) is 1. The minimum atomic E-state index is -0.141. The van der Waals surface area contributed by atoms with Crippen molar-refractivity contribution >= 4 is 27.3 Å². The maximum atomic E-state index is 11.4. The molecule has 84 valence electrons. The summed E-state index contributed by atoms with van der Waals surface area (Å²) in [6.07, 6.45) is 0.615. The van der Waals surface area contributed by atoms with Gasteiger partial charge in [0.25, 0.3) is 5.56 Å². The Morgan fingerprint density at radius 1 is 1.50 bits per heavy atom. The summed E-state index contributed by atoms with van der Waals surface area (Å²) in [5.74, 6) is 0.603. The molecule has 0 atom stereocenters. The highest BCUT2D eigenvalue weighted by Crippen LogP contribution is 2.26. The number of rotatable bonds is 3. The topological polar surface area (TPSA) is 71.8 Å². The Balaban J connectivity index is 2.44. The predicted molar refractivity (Wildman–Crippen MR) is 68.6 cm³/mol. The molecule has 2 aromatic rings. The predicted octanol–water partition coefficient (Wildman–Crippen LogP) is 1.76. The van der Waals surface area contributed by atoms with Gasteiger partial charge in [0.15, 0.2) is 5.82 Å². The van der Waals surface area contributed by atoms with E-state index in [2.05, 4.69) is 25.9 Å². The van der Waals surface area contributed by atoms with Crippen molar-refractivity contribution in [2.24, 2.45) is 5.73 Å². The Morgan fingerprint density at radius 2 is 2.31 bits per heavy atom. The van der Waals surface area contributed by atoms with E-state index in [-0.39, 0.29) is 5.56 Å². The number of nitrogens with one attached hydrogen (secondary N) is 1. The highest BCUT2D eigenvalue weighted by atomic mass is 79.9. The maximum absolute atomic E-state index is 11.4. The van der Waals surface area contributed by atoms with Crippen molar-refractivity contribution in [3.8, 4) is 10.7 Å². The quantitative estimate of drug-likeness (QED) is 0.907. The summed E-state index contributed by atoms with van der Waals surface area (Å²) in [6.45, 7) is 0.490. The van der Waals surface area contributed by atoms with Gasteiger partial charge in [-0.05, 0) is 28.5 Å². The summed E-state index contributed by atoms with van der Waals surface area (Å²) in [7, 11) is 0. The zero-order chi connectivity index (χ0) is 11.5. The third-order valence-corrected chi connectivity index (χ3v) is 3.69. The lowest BCUT2D eigenvalue weighted by atomic mass is 10.3. The highest BCUT2D eigenvalue weighted by Gasteiger charge is 2.06. The summed E-state index contributed by atoms with van der Waals surface area (Å²) in [4.78, 5) is 19.4. The van der Waals surface area contributed by atoms with Gasteiger partial charge in [0.05, 0.1) is 4.88 Å². The van der Waals surface area contributed by atoms with Crippen LogP contribution in [-0.2, 0) is 6.42 Å². The van der Waals surface area contributed by atoms with Crippen LogP contribution in [0.5, 0.6) is 0 Å². The van der Waals surface area contributed by atoms with E-state index < -0.39 is 0 Å². The van der Waals surface area contributed by atoms with Gasteiger partial charge >= 0.3 is 0 Å². The Morgan fingerprint density at radius 3 is 2.94 bits per heavy atom. The van der Waals surface area contributed by atoms with Gasteiger partial charge in [-0.25, -0.2) is 4.98 Å². The van der Waals surface area contributed by atoms with Crippen molar-refractivity contribution < 1.29 is 0 Å². The summed E-state index contributed by atoms with van der Waals surface area (Å²) >= 11 is 4.90. The van der Waals surface area contributed by atoms with Crippen molar-refractivity contribution in [1.82, 2.24) is 9.97 Å². The van der Waals surface area contributed by atoms with Crippen LogP contribution in [0.4, 0.5) is 0 Å². The Labute approximate surface area is 105 Å². The van der Waals surface area contributed by atoms with E-state index in [1.165, 1.54) is 17.4 Å². The number of nitrogens with two attached hydrogens (primary N) is 1. The monoisotopic (exact) mass is 299 g/mol. The summed E-state index contributed by atoms with van der Waals surface area (Å²) in [6, 6.07) is 3.41. The van der Waals surface area contributed by atoms with Gasteiger partial charge in [0, 0.05) is 28.0 Å². The fourth-order valence-electron chi connectivity index (χ4n) is 1.34. The van der Waals surface area contributed by atoms with Crippen LogP contribution in [0.25, 0.3) is 10.7 Å². The molecule has 0 aliphatic rings. The van der Waals surface area contributed by atoms with Crippen molar-refractivity contribution in [3.63, 3.8) is 0 Å². The van der Waals surface area contributed by atoms with Crippen molar-refractivity contribution in [2.45, 2.75) is 6.42 Å². The Kier molecular flexibility index (Phi) is 3.52. The van der Waals surface area contributed by atoms with Crippen LogP contribution in [0.1, 0.15) is 5.69 Å². The Hall–Kier alpha value is -0.980. The first kappa shape index (κ1) is 11.5. The third-order valence-electron chi connectivity index (χ3n) is 2.00. The molecule has 2 rings (SSSR count). The van der Waals surface area contributed by atoms with Gasteiger partial charge in [-0.3, -0.25) is 4.79 Å². The first-order chi connectivity index (χ1) is 7.69. The van der Waals surface area contributed by atoms with E-state index in [0.717, 1.165) is 15.0 Å². The molecule has 0 unspecified atom stereocenters. The van der Waals surface area contributed by atoms with Gasteiger partial charge in [-0.15, -0.1) is 11.3 Å². The number of aromatic amines is 1. The molecule has 0 amide bonds. The minimum absolute atomic E-state index is 0.141. The standard InChI is InChI=1S/C10H10BrN3OS/c11-6-3-8(16-5-6)10-13-7(1-2-12)4-9(15)14-10/h3-5H,1-2,12H2,(H,13,14,15). The largest absolute Gasteiger partial charge is 0.330 e. The molecular formula is C10H10BrN3OS. The molecule has 16 heavy (non-hydrogen) atoms. The van der Waals surface area contributed by atoms with Crippen molar-refractivity contribution in [2.75, 3.05) is 6.54 Å². The lowest BCUT2D eigenvalue weighted by molar-refractivity contribution is 0.907. The second-order valence-corrected chi connectivity index (χ2v) is 5.08. The number of H-pyrrole nitrogens is 1. The first-order valence-electron chi connectivity index (χ1n) is 4.74. The molecular weight excluding hydrogens is 290 g/mol. The molecule has 6 heteroatoms. The molecule has 3 N–H and O–H groups in total. The molecule has 2 heterocycles. The van der Waals surface area contributed by atoms with E-state index in [9.17, 15) is 4.79 Å². The minimum Gasteiger partial charge on any atom is -0.330 e. The second-order valence-electron chi connectivity index (χ2n) is 3.25. The van der Waals surface area contributed by atoms with Gasteiger partial charge in [0.1, 0.15) is 0 Å². The van der Waals surface area contributed by atoms with E-state index in [4.69, 9.17) is 5.73 Å². The highest BCUT2D eigenvalue weighted by molar-refractivity contribution is 9.10. The van der Waals surface area contributed by atoms with Gasteiger partial charge in [0.2, 0.25) is 0 Å². The lowest BCUT2D eigenvalue weighted by Crippen LogP contribution is -2.13. The van der Waals surface area contributed by atoms with Crippen molar-refractivity contribution in [1.29, 1.82) is 0 Å². The molecule has 0 saturated carbocycles. The smallest absolute Gasteiger partial charge is 0.251 e. The number of halogens is 1. The summed E-state index contributed by atoms with van der Waals surface area (Å²) < 4.78 is 0.986. The van der Waals surface area contributed by atoms with Crippen LogP contribution >= 0.6 is 27.3 Å². The van der Waals surface area contributed by atoms with Crippen LogP contribution in [0.2, 0.25) is 0 Å². The van der Waals surface area contributed by atoms with Crippen LogP contribution < -0.4 is 11.3 Å². The van der Waals surface area contributed by atoms with Crippen LogP contribution in [0, 0.1) is 0 Å². The zero-order valence-electron chi connectivity index (χ0n) is 8.37. The molecule has 0 aliphatic heterocycles. The average Bonchev–Trinajstić information content (AvgIpc) is 2.64. The van der Waals surface area contributed by atoms with Crippen LogP contribution in [-0.4, -0.2) is 16.5 Å². The maximum Gasteiger partial charge on any atom is 0.251 e. The fourth-order valence-corrected chi connectivity index (χ4v) is 2.71. The van der Waals surface area contributed by atoms with Gasteiger partial charge < -0.3 is 10.7 Å². The normalized spacial score (nSPS) is 10.6. The van der Waals surface area contributed by atoms with E-state index in [1.807, 2.05) is 11.4 Å². The molecule has 0 bridgehead atoms. The molecule has 0 spiro atoms. The van der Waals surface area contributed by atoms with E-state index in [1.54, 1.807) is 0 Å². The number of thiophene rings is 1. The number of hydrogen-bond acceptors (Lipinski definition) is 4. The molecule has 2 aromatic heterocycles. The Bertz CT molecular complexity index is 549. The SMILES string of the molecule is NCCc1cc(=O)[nH]c(-c2cc(Br)cs2)n1. The number of hydrogen-bond donors (Lipinski definition) is 2. The van der Waals surface area contributed by atoms with Crippen LogP contribution in [0.3, 0.4) is 0 Å². The molecule has 0 saturated heterocycles. The second kappa shape index (κ2) is 4.90. The van der Waals surface area contributed by atoms with E-state index in [0.29, 0.717) is 18.8 Å². The van der Waals surface area contributed by atoms with E-state index >= 15 is 0 Å². The first-order valence-corrected chi connectivity index (χ1v) is 6.41. The molecule has 0 aromatic carbocycles.